The van der Waals surface area contributed by atoms with Crippen LogP contribution in [0.1, 0.15) is 31.7 Å². The maximum absolute atomic E-state index is 9.73. The largest absolute Gasteiger partial charge is 0.385 e. The molecule has 0 radical (unpaired) electrons. The molecular weight excluding hydrogens is 176 g/mol. The fourth-order valence-electron chi connectivity index (χ4n) is 1.54. The van der Waals surface area contributed by atoms with Crippen molar-refractivity contribution in [1.29, 1.82) is 0 Å². The summed E-state index contributed by atoms with van der Waals surface area (Å²) >= 11 is 0. The molecule has 3 heteroatoms. The van der Waals surface area contributed by atoms with Gasteiger partial charge >= 0.3 is 0 Å². The van der Waals surface area contributed by atoms with Gasteiger partial charge in [0, 0.05) is 0 Å². The van der Waals surface area contributed by atoms with Crippen LogP contribution in [0, 0.1) is 0 Å². The number of para-hydroxylation sites is 2. The van der Waals surface area contributed by atoms with Crippen molar-refractivity contribution in [3.05, 3.63) is 30.1 Å². The molecule has 0 bridgehead atoms. The van der Waals surface area contributed by atoms with Gasteiger partial charge < -0.3 is 10.1 Å². The summed E-state index contributed by atoms with van der Waals surface area (Å²) in [6.45, 7) is 2.05. The van der Waals surface area contributed by atoms with E-state index in [1.807, 2.05) is 31.2 Å². The van der Waals surface area contributed by atoms with Crippen LogP contribution in [0.25, 0.3) is 11.0 Å². The van der Waals surface area contributed by atoms with Gasteiger partial charge in [-0.05, 0) is 18.6 Å². The number of benzene rings is 1. The van der Waals surface area contributed by atoms with Gasteiger partial charge in [0.15, 0.2) is 0 Å². The van der Waals surface area contributed by atoms with Crippen LogP contribution in [0.3, 0.4) is 0 Å². The highest BCUT2D eigenvalue weighted by Gasteiger charge is 2.10. The van der Waals surface area contributed by atoms with Gasteiger partial charge in [-0.3, -0.25) is 0 Å². The highest BCUT2D eigenvalue weighted by Crippen LogP contribution is 2.18. The molecule has 0 aliphatic heterocycles. The molecule has 0 aliphatic rings. The highest BCUT2D eigenvalue weighted by molar-refractivity contribution is 5.74. The molecule has 1 heterocycles. The molecule has 2 N–H and O–H groups in total. The van der Waals surface area contributed by atoms with Crippen molar-refractivity contribution in [3.8, 4) is 0 Å². The van der Waals surface area contributed by atoms with E-state index in [1.54, 1.807) is 0 Å². The van der Waals surface area contributed by atoms with E-state index in [9.17, 15) is 5.11 Å². The summed E-state index contributed by atoms with van der Waals surface area (Å²) in [5, 5.41) is 9.73. The van der Waals surface area contributed by atoms with Crippen LogP contribution >= 0.6 is 0 Å². The second-order valence-corrected chi connectivity index (χ2v) is 3.44. The lowest BCUT2D eigenvalue weighted by atomic mass is 10.2. The van der Waals surface area contributed by atoms with Gasteiger partial charge in [0.2, 0.25) is 0 Å². The SMILES string of the molecule is CCCC(O)c1nc2ccccc2[nH]1. The van der Waals surface area contributed by atoms with Crippen LogP contribution in [0.4, 0.5) is 0 Å². The van der Waals surface area contributed by atoms with Crippen molar-refractivity contribution >= 4 is 11.0 Å². The van der Waals surface area contributed by atoms with E-state index in [-0.39, 0.29) is 0 Å². The third kappa shape index (κ3) is 1.63. The maximum atomic E-state index is 9.73. The van der Waals surface area contributed by atoms with Crippen LogP contribution in [-0.4, -0.2) is 15.1 Å². The number of nitrogens with one attached hydrogen (secondary N) is 1. The van der Waals surface area contributed by atoms with E-state index in [4.69, 9.17) is 0 Å². The number of aromatic nitrogens is 2. The molecule has 1 aromatic carbocycles. The summed E-state index contributed by atoms with van der Waals surface area (Å²) < 4.78 is 0. The minimum absolute atomic E-state index is 0.465. The van der Waals surface area contributed by atoms with Crippen LogP contribution in [-0.2, 0) is 0 Å². The highest BCUT2D eigenvalue weighted by atomic mass is 16.3. The second-order valence-electron chi connectivity index (χ2n) is 3.44. The molecular formula is C11H14N2O. The molecule has 0 fully saturated rings. The zero-order valence-electron chi connectivity index (χ0n) is 8.20. The molecule has 0 amide bonds. The van der Waals surface area contributed by atoms with Crippen LogP contribution in [0.5, 0.6) is 0 Å². The lowest BCUT2D eigenvalue weighted by Crippen LogP contribution is -1.98. The number of aromatic amines is 1. The number of fused-ring (bicyclic) bond motifs is 1. The predicted octanol–water partition coefficient (Wildman–Crippen LogP) is 2.40. The summed E-state index contributed by atoms with van der Waals surface area (Å²) in [6.07, 6.45) is 1.24. The Labute approximate surface area is 82.8 Å². The first-order valence-corrected chi connectivity index (χ1v) is 4.94. The number of aliphatic hydroxyl groups excluding tert-OH is 1. The van der Waals surface area contributed by atoms with Gasteiger partial charge in [-0.2, -0.15) is 0 Å². The Morgan fingerprint density at radius 3 is 2.93 bits per heavy atom. The van der Waals surface area contributed by atoms with Crippen molar-refractivity contribution in [3.63, 3.8) is 0 Å². The smallest absolute Gasteiger partial charge is 0.136 e. The van der Waals surface area contributed by atoms with Gasteiger partial charge in [-0.1, -0.05) is 25.5 Å². The Kier molecular flexibility index (Phi) is 2.50. The first-order valence-electron chi connectivity index (χ1n) is 4.94. The summed E-state index contributed by atoms with van der Waals surface area (Å²) in [5.41, 5.74) is 1.90. The number of rotatable bonds is 3. The van der Waals surface area contributed by atoms with E-state index in [1.165, 1.54) is 0 Å². The van der Waals surface area contributed by atoms with Crippen molar-refractivity contribution in [2.45, 2.75) is 25.9 Å². The average molecular weight is 190 g/mol. The quantitative estimate of drug-likeness (QED) is 0.780. The van der Waals surface area contributed by atoms with E-state index in [2.05, 4.69) is 9.97 Å². The van der Waals surface area contributed by atoms with Gasteiger partial charge in [0.1, 0.15) is 11.9 Å². The third-order valence-corrected chi connectivity index (χ3v) is 2.29. The van der Waals surface area contributed by atoms with E-state index in [0.29, 0.717) is 5.82 Å². The minimum Gasteiger partial charge on any atom is -0.385 e. The monoisotopic (exact) mass is 190 g/mol. The van der Waals surface area contributed by atoms with Crippen molar-refractivity contribution in [1.82, 2.24) is 9.97 Å². The third-order valence-electron chi connectivity index (χ3n) is 2.29. The van der Waals surface area contributed by atoms with Crippen molar-refractivity contribution in [2.75, 3.05) is 0 Å². The topological polar surface area (TPSA) is 48.9 Å². The van der Waals surface area contributed by atoms with Gasteiger partial charge in [0.25, 0.3) is 0 Å². The first-order chi connectivity index (χ1) is 6.81. The van der Waals surface area contributed by atoms with Gasteiger partial charge in [-0.25, -0.2) is 4.98 Å². The summed E-state index contributed by atoms with van der Waals surface area (Å²) in [7, 11) is 0. The van der Waals surface area contributed by atoms with Crippen LogP contribution in [0.15, 0.2) is 24.3 Å². The fraction of sp³-hybridized carbons (Fsp3) is 0.364. The Balaban J connectivity index is 2.35. The first kappa shape index (κ1) is 9.21. The predicted molar refractivity (Wildman–Crippen MR) is 56.0 cm³/mol. The molecule has 14 heavy (non-hydrogen) atoms. The molecule has 3 nitrogen and oxygen atoms in total. The number of imidazole rings is 1. The van der Waals surface area contributed by atoms with E-state index < -0.39 is 6.10 Å². The minimum atomic E-state index is -0.465. The Hall–Kier alpha value is -1.35. The molecule has 0 aliphatic carbocycles. The molecule has 74 valence electrons. The number of nitrogens with zero attached hydrogens (tertiary/aromatic N) is 1. The summed E-state index contributed by atoms with van der Waals surface area (Å²) in [6, 6.07) is 7.80. The Bertz CT molecular complexity index is 389. The van der Waals surface area contributed by atoms with E-state index in [0.717, 1.165) is 23.9 Å². The molecule has 1 atom stereocenters. The number of hydrogen-bond donors (Lipinski definition) is 2. The van der Waals surface area contributed by atoms with Crippen molar-refractivity contribution < 1.29 is 5.11 Å². The lowest BCUT2D eigenvalue weighted by Gasteiger charge is -2.03. The number of aliphatic hydroxyl groups is 1. The van der Waals surface area contributed by atoms with Gasteiger partial charge in [0.05, 0.1) is 11.0 Å². The second kappa shape index (κ2) is 3.80. The zero-order chi connectivity index (χ0) is 9.97. The van der Waals surface area contributed by atoms with Gasteiger partial charge in [-0.15, -0.1) is 0 Å². The normalized spacial score (nSPS) is 13.3. The van der Waals surface area contributed by atoms with Crippen LogP contribution < -0.4 is 0 Å². The molecule has 1 unspecified atom stereocenters. The summed E-state index contributed by atoms with van der Waals surface area (Å²) in [4.78, 5) is 7.44. The average Bonchev–Trinajstić information content (AvgIpc) is 2.61. The zero-order valence-corrected chi connectivity index (χ0v) is 8.20. The molecule has 1 aromatic heterocycles. The molecule has 2 rings (SSSR count). The Morgan fingerprint density at radius 1 is 1.43 bits per heavy atom. The fourth-order valence-corrected chi connectivity index (χ4v) is 1.54. The Morgan fingerprint density at radius 2 is 2.21 bits per heavy atom. The molecule has 0 saturated heterocycles. The molecule has 0 saturated carbocycles. The van der Waals surface area contributed by atoms with Crippen LogP contribution in [0.2, 0.25) is 0 Å². The molecule has 2 aromatic rings. The van der Waals surface area contributed by atoms with Crippen molar-refractivity contribution in [2.24, 2.45) is 0 Å². The van der Waals surface area contributed by atoms with E-state index >= 15 is 0 Å². The maximum Gasteiger partial charge on any atom is 0.136 e. The standard InChI is InChI=1S/C11H14N2O/c1-2-5-10(14)11-12-8-6-3-4-7-9(8)13-11/h3-4,6-7,10,14H,2,5H2,1H3,(H,12,13). The summed E-state index contributed by atoms with van der Waals surface area (Å²) in [5.74, 6) is 0.674. The molecule has 0 spiro atoms. The number of hydrogen-bond acceptors (Lipinski definition) is 2. The lowest BCUT2D eigenvalue weighted by molar-refractivity contribution is 0.158. The number of H-pyrrole nitrogens is 1.